The molecule has 1 rings (SSSR count). The lowest BCUT2D eigenvalue weighted by molar-refractivity contribution is 0.0770. The average molecular weight is 239 g/mol. The van der Waals surface area contributed by atoms with Crippen LogP contribution < -0.4 is 5.32 Å². The number of ether oxygens (including phenoxy) is 1. The highest BCUT2D eigenvalue weighted by Gasteiger charge is 2.07. The Morgan fingerprint density at radius 1 is 1.35 bits per heavy atom. The van der Waals surface area contributed by atoms with Gasteiger partial charge >= 0.3 is 0 Å². The molecular formula is C13H25N3O. The lowest BCUT2D eigenvalue weighted by atomic mass is 10.2. The van der Waals surface area contributed by atoms with Crippen LogP contribution in [-0.4, -0.2) is 29.0 Å². The van der Waals surface area contributed by atoms with Gasteiger partial charge in [0.1, 0.15) is 0 Å². The van der Waals surface area contributed by atoms with Crippen molar-refractivity contribution in [2.45, 2.75) is 46.8 Å². The third-order valence-corrected chi connectivity index (χ3v) is 2.91. The molecule has 0 aliphatic rings. The second-order valence-electron chi connectivity index (χ2n) is 4.72. The second-order valence-corrected chi connectivity index (χ2v) is 4.72. The number of aromatic nitrogens is 2. The number of nitrogens with zero attached hydrogens (tertiary/aromatic N) is 2. The molecule has 0 atom stereocenters. The van der Waals surface area contributed by atoms with E-state index in [2.05, 4.69) is 38.1 Å². The Balaban J connectivity index is 2.22. The molecule has 1 N–H and O–H groups in total. The Bertz CT molecular complexity index is 345. The first-order chi connectivity index (χ1) is 8.02. The molecule has 0 aromatic carbocycles. The third kappa shape index (κ3) is 4.48. The van der Waals surface area contributed by atoms with Gasteiger partial charge in [-0.2, -0.15) is 5.10 Å². The first-order valence-electron chi connectivity index (χ1n) is 6.33. The minimum absolute atomic E-state index is 0.331. The van der Waals surface area contributed by atoms with Crippen molar-refractivity contribution in [1.82, 2.24) is 15.1 Å². The summed E-state index contributed by atoms with van der Waals surface area (Å²) in [4.78, 5) is 0. The van der Waals surface area contributed by atoms with E-state index in [0.29, 0.717) is 6.10 Å². The maximum Gasteiger partial charge on any atom is 0.0641 e. The first-order valence-corrected chi connectivity index (χ1v) is 6.33. The molecule has 0 aliphatic carbocycles. The van der Waals surface area contributed by atoms with E-state index in [1.807, 2.05) is 11.7 Å². The largest absolute Gasteiger partial charge is 0.379 e. The Kier molecular flexibility index (Phi) is 5.65. The molecule has 0 saturated carbocycles. The van der Waals surface area contributed by atoms with Gasteiger partial charge in [0.05, 0.1) is 11.8 Å². The van der Waals surface area contributed by atoms with Crippen molar-refractivity contribution in [3.05, 3.63) is 17.0 Å². The van der Waals surface area contributed by atoms with Gasteiger partial charge in [0.2, 0.25) is 0 Å². The van der Waals surface area contributed by atoms with Crippen LogP contribution in [0.25, 0.3) is 0 Å². The molecule has 1 aromatic rings. The summed E-state index contributed by atoms with van der Waals surface area (Å²) in [6.07, 6.45) is 1.38. The molecule has 0 fully saturated rings. The Labute approximate surface area is 104 Å². The van der Waals surface area contributed by atoms with E-state index < -0.39 is 0 Å². The van der Waals surface area contributed by atoms with E-state index in [1.165, 1.54) is 11.3 Å². The summed E-state index contributed by atoms with van der Waals surface area (Å²) < 4.78 is 7.43. The topological polar surface area (TPSA) is 39.1 Å². The molecule has 0 bridgehead atoms. The second kappa shape index (κ2) is 6.77. The third-order valence-electron chi connectivity index (χ3n) is 2.91. The number of hydrogen-bond acceptors (Lipinski definition) is 3. The number of aryl methyl sites for hydroxylation is 2. The average Bonchev–Trinajstić information content (AvgIpc) is 2.48. The van der Waals surface area contributed by atoms with Gasteiger partial charge in [-0.15, -0.1) is 0 Å². The molecule has 0 radical (unpaired) electrons. The fourth-order valence-corrected chi connectivity index (χ4v) is 1.80. The van der Waals surface area contributed by atoms with Crippen molar-refractivity contribution in [2.24, 2.45) is 7.05 Å². The van der Waals surface area contributed by atoms with Crippen LogP contribution in [0, 0.1) is 13.8 Å². The van der Waals surface area contributed by atoms with Crippen LogP contribution in [0.5, 0.6) is 0 Å². The maximum atomic E-state index is 5.49. The summed E-state index contributed by atoms with van der Waals surface area (Å²) in [5.74, 6) is 0. The molecule has 0 amide bonds. The highest BCUT2D eigenvalue weighted by atomic mass is 16.5. The SMILES string of the molecule is Cc1nn(C)c(C)c1CNCCCOC(C)C. The van der Waals surface area contributed by atoms with Crippen molar-refractivity contribution in [3.63, 3.8) is 0 Å². The highest BCUT2D eigenvalue weighted by molar-refractivity contribution is 5.23. The minimum Gasteiger partial charge on any atom is -0.379 e. The molecule has 0 spiro atoms. The Morgan fingerprint density at radius 2 is 2.06 bits per heavy atom. The molecule has 0 unspecified atom stereocenters. The van der Waals surface area contributed by atoms with Gasteiger partial charge in [0.15, 0.2) is 0 Å². The first kappa shape index (κ1) is 14.2. The lowest BCUT2D eigenvalue weighted by Crippen LogP contribution is -2.18. The van der Waals surface area contributed by atoms with Crippen molar-refractivity contribution in [1.29, 1.82) is 0 Å². The zero-order valence-electron chi connectivity index (χ0n) is 11.7. The van der Waals surface area contributed by atoms with Crippen molar-refractivity contribution < 1.29 is 4.74 Å². The quantitative estimate of drug-likeness (QED) is 0.739. The molecule has 1 heterocycles. The van der Waals surface area contributed by atoms with E-state index in [4.69, 9.17) is 4.74 Å². The van der Waals surface area contributed by atoms with E-state index in [-0.39, 0.29) is 0 Å². The van der Waals surface area contributed by atoms with Gasteiger partial charge in [-0.05, 0) is 40.7 Å². The minimum atomic E-state index is 0.331. The number of nitrogens with one attached hydrogen (secondary N) is 1. The predicted molar refractivity (Wildman–Crippen MR) is 70.1 cm³/mol. The lowest BCUT2D eigenvalue weighted by Gasteiger charge is -2.08. The fourth-order valence-electron chi connectivity index (χ4n) is 1.80. The van der Waals surface area contributed by atoms with Gasteiger partial charge in [0.25, 0.3) is 0 Å². The van der Waals surface area contributed by atoms with Gasteiger partial charge < -0.3 is 10.1 Å². The molecule has 17 heavy (non-hydrogen) atoms. The van der Waals surface area contributed by atoms with Crippen LogP contribution in [0.3, 0.4) is 0 Å². The summed E-state index contributed by atoms with van der Waals surface area (Å²) in [5, 5.41) is 7.84. The number of hydrogen-bond donors (Lipinski definition) is 1. The summed E-state index contributed by atoms with van der Waals surface area (Å²) in [5.41, 5.74) is 3.68. The van der Waals surface area contributed by atoms with Crippen molar-refractivity contribution in [3.8, 4) is 0 Å². The molecule has 1 aromatic heterocycles. The van der Waals surface area contributed by atoms with E-state index >= 15 is 0 Å². The van der Waals surface area contributed by atoms with Crippen LogP contribution in [0.1, 0.15) is 37.2 Å². The normalized spacial score (nSPS) is 11.4. The van der Waals surface area contributed by atoms with E-state index in [0.717, 1.165) is 31.8 Å². The summed E-state index contributed by atoms with van der Waals surface area (Å²) >= 11 is 0. The standard InChI is InChI=1S/C13H25N3O/c1-10(2)17-8-6-7-14-9-13-11(3)15-16(5)12(13)4/h10,14H,6-9H2,1-5H3. The molecular weight excluding hydrogens is 214 g/mol. The smallest absolute Gasteiger partial charge is 0.0641 e. The van der Waals surface area contributed by atoms with Crippen molar-refractivity contribution >= 4 is 0 Å². The summed E-state index contributed by atoms with van der Waals surface area (Å²) in [6, 6.07) is 0. The number of rotatable bonds is 7. The van der Waals surface area contributed by atoms with Crippen LogP contribution in [0.2, 0.25) is 0 Å². The zero-order valence-corrected chi connectivity index (χ0v) is 11.7. The Hall–Kier alpha value is -0.870. The highest BCUT2D eigenvalue weighted by Crippen LogP contribution is 2.10. The monoisotopic (exact) mass is 239 g/mol. The van der Waals surface area contributed by atoms with Crippen LogP contribution >= 0.6 is 0 Å². The Morgan fingerprint density at radius 3 is 2.59 bits per heavy atom. The summed E-state index contributed by atoms with van der Waals surface area (Å²) in [6.45, 7) is 11.0. The molecule has 4 nitrogen and oxygen atoms in total. The maximum absolute atomic E-state index is 5.49. The summed E-state index contributed by atoms with van der Waals surface area (Å²) in [7, 11) is 1.99. The van der Waals surface area contributed by atoms with E-state index in [9.17, 15) is 0 Å². The van der Waals surface area contributed by atoms with Crippen LogP contribution in [0.4, 0.5) is 0 Å². The van der Waals surface area contributed by atoms with Crippen LogP contribution in [-0.2, 0) is 18.3 Å². The van der Waals surface area contributed by atoms with Gasteiger partial charge in [0, 0.05) is 31.5 Å². The molecule has 98 valence electrons. The predicted octanol–water partition coefficient (Wildman–Crippen LogP) is 1.94. The molecule has 0 aliphatic heterocycles. The molecule has 4 heteroatoms. The van der Waals surface area contributed by atoms with Crippen molar-refractivity contribution in [2.75, 3.05) is 13.2 Å². The fraction of sp³-hybridized carbons (Fsp3) is 0.769. The molecule has 0 saturated heterocycles. The van der Waals surface area contributed by atoms with Gasteiger partial charge in [-0.1, -0.05) is 0 Å². The van der Waals surface area contributed by atoms with Gasteiger partial charge in [-0.3, -0.25) is 4.68 Å². The van der Waals surface area contributed by atoms with Crippen LogP contribution in [0.15, 0.2) is 0 Å². The van der Waals surface area contributed by atoms with Gasteiger partial charge in [-0.25, -0.2) is 0 Å². The van der Waals surface area contributed by atoms with E-state index in [1.54, 1.807) is 0 Å². The zero-order chi connectivity index (χ0) is 12.8.